The van der Waals surface area contributed by atoms with Crippen LogP contribution < -0.4 is 10.2 Å². The van der Waals surface area contributed by atoms with Crippen molar-refractivity contribution < 1.29 is 4.74 Å². The molecule has 2 rings (SSSR count). The Kier molecular flexibility index (Phi) is 4.81. The van der Waals surface area contributed by atoms with Gasteiger partial charge in [-0.2, -0.15) is 0 Å². The zero-order valence-electron chi connectivity index (χ0n) is 12.6. The summed E-state index contributed by atoms with van der Waals surface area (Å²) in [5.74, 6) is 0. The van der Waals surface area contributed by atoms with Crippen LogP contribution in [0.5, 0.6) is 0 Å². The first-order valence-corrected chi connectivity index (χ1v) is 7.84. The predicted octanol–water partition coefficient (Wildman–Crippen LogP) is 2.56. The second-order valence-corrected chi connectivity index (χ2v) is 6.65. The summed E-state index contributed by atoms with van der Waals surface area (Å²) in [6.45, 7) is 10.4. The number of nitrogens with one attached hydrogen (secondary N) is 1. The van der Waals surface area contributed by atoms with Crippen molar-refractivity contribution in [1.82, 2.24) is 10.3 Å². The minimum absolute atomic E-state index is 0.298. The zero-order chi connectivity index (χ0) is 14.0. The molecule has 0 spiro atoms. The van der Waals surface area contributed by atoms with E-state index in [-0.39, 0.29) is 0 Å². The highest BCUT2D eigenvalue weighted by atomic mass is 32.1. The largest absolute Gasteiger partial charge is 0.376 e. The average molecular weight is 283 g/mol. The lowest BCUT2D eigenvalue weighted by atomic mass is 10.1. The van der Waals surface area contributed by atoms with Crippen LogP contribution in [0.25, 0.3) is 0 Å². The van der Waals surface area contributed by atoms with Gasteiger partial charge in [0.05, 0.1) is 17.8 Å². The SMILES string of the molecule is Cc1nc(N(C)C2CCOC2C)sc1CNC(C)C. The molecule has 1 aliphatic heterocycles. The quantitative estimate of drug-likeness (QED) is 0.901. The van der Waals surface area contributed by atoms with E-state index in [2.05, 4.69) is 45.0 Å². The Labute approximate surface area is 120 Å². The molecular formula is C14H25N3OS. The number of likely N-dealkylation sites (N-methyl/N-ethyl adjacent to an activating group) is 1. The van der Waals surface area contributed by atoms with Gasteiger partial charge < -0.3 is 15.0 Å². The highest BCUT2D eigenvalue weighted by Crippen LogP contribution is 2.30. The van der Waals surface area contributed by atoms with Gasteiger partial charge in [0.15, 0.2) is 5.13 Å². The van der Waals surface area contributed by atoms with Crippen LogP contribution >= 0.6 is 11.3 Å². The highest BCUT2D eigenvalue weighted by molar-refractivity contribution is 7.15. The molecule has 108 valence electrons. The number of hydrogen-bond acceptors (Lipinski definition) is 5. The molecule has 0 radical (unpaired) electrons. The van der Waals surface area contributed by atoms with Gasteiger partial charge in [0, 0.05) is 31.1 Å². The molecule has 0 saturated carbocycles. The number of aromatic nitrogens is 1. The lowest BCUT2D eigenvalue weighted by Gasteiger charge is -2.26. The number of thiazole rings is 1. The van der Waals surface area contributed by atoms with Crippen LogP contribution in [0, 0.1) is 6.92 Å². The van der Waals surface area contributed by atoms with Gasteiger partial charge in [0.2, 0.25) is 0 Å². The van der Waals surface area contributed by atoms with Crippen molar-refractivity contribution in [2.24, 2.45) is 0 Å². The van der Waals surface area contributed by atoms with E-state index >= 15 is 0 Å². The minimum Gasteiger partial charge on any atom is -0.376 e. The van der Waals surface area contributed by atoms with Gasteiger partial charge in [0.1, 0.15) is 0 Å². The Morgan fingerprint density at radius 1 is 1.53 bits per heavy atom. The molecule has 0 aliphatic carbocycles. The molecule has 1 saturated heterocycles. The van der Waals surface area contributed by atoms with E-state index in [1.807, 2.05) is 0 Å². The fourth-order valence-corrected chi connectivity index (χ4v) is 3.43. The molecule has 1 aromatic rings. The molecule has 2 atom stereocenters. The van der Waals surface area contributed by atoms with Gasteiger partial charge >= 0.3 is 0 Å². The first-order chi connectivity index (χ1) is 8.99. The number of ether oxygens (including phenoxy) is 1. The number of rotatable bonds is 5. The van der Waals surface area contributed by atoms with Crippen LogP contribution in [0.3, 0.4) is 0 Å². The maximum atomic E-state index is 5.65. The second-order valence-electron chi connectivity index (χ2n) is 5.58. The van der Waals surface area contributed by atoms with E-state index in [0.717, 1.165) is 30.4 Å². The van der Waals surface area contributed by atoms with Gasteiger partial charge in [-0.1, -0.05) is 13.8 Å². The fraction of sp³-hybridized carbons (Fsp3) is 0.786. The maximum Gasteiger partial charge on any atom is 0.185 e. The molecule has 1 aromatic heterocycles. The minimum atomic E-state index is 0.298. The Balaban J connectivity index is 2.06. The number of anilines is 1. The normalized spacial score (nSPS) is 23.3. The third-order valence-corrected chi connectivity index (χ3v) is 4.94. The van der Waals surface area contributed by atoms with Crippen LogP contribution in [-0.2, 0) is 11.3 Å². The fourth-order valence-electron chi connectivity index (χ4n) is 2.40. The number of nitrogens with zero attached hydrogens (tertiary/aromatic N) is 2. The summed E-state index contributed by atoms with van der Waals surface area (Å²) < 4.78 is 5.65. The lowest BCUT2D eigenvalue weighted by Crippen LogP contribution is -2.36. The molecule has 19 heavy (non-hydrogen) atoms. The van der Waals surface area contributed by atoms with Crippen molar-refractivity contribution in [2.75, 3.05) is 18.6 Å². The van der Waals surface area contributed by atoms with Crippen molar-refractivity contribution in [3.05, 3.63) is 10.6 Å². The van der Waals surface area contributed by atoms with Crippen LogP contribution in [0.1, 0.15) is 37.8 Å². The molecule has 1 fully saturated rings. The Morgan fingerprint density at radius 3 is 2.84 bits per heavy atom. The smallest absolute Gasteiger partial charge is 0.185 e. The molecule has 5 heteroatoms. The summed E-state index contributed by atoms with van der Waals surface area (Å²) in [5.41, 5.74) is 1.14. The topological polar surface area (TPSA) is 37.4 Å². The Morgan fingerprint density at radius 2 is 2.26 bits per heavy atom. The summed E-state index contributed by atoms with van der Waals surface area (Å²) in [4.78, 5) is 8.34. The molecular weight excluding hydrogens is 258 g/mol. The lowest BCUT2D eigenvalue weighted by molar-refractivity contribution is 0.118. The first kappa shape index (κ1) is 14.8. The molecule has 0 amide bonds. The van der Waals surface area contributed by atoms with E-state index in [0.29, 0.717) is 18.2 Å². The number of hydrogen-bond donors (Lipinski definition) is 1. The molecule has 2 heterocycles. The third-order valence-electron chi connectivity index (χ3n) is 3.69. The van der Waals surface area contributed by atoms with Crippen molar-refractivity contribution >= 4 is 16.5 Å². The van der Waals surface area contributed by atoms with Crippen molar-refractivity contribution in [1.29, 1.82) is 0 Å². The molecule has 1 aliphatic rings. The van der Waals surface area contributed by atoms with Crippen molar-refractivity contribution in [2.45, 2.75) is 58.8 Å². The van der Waals surface area contributed by atoms with Gasteiger partial charge in [0.25, 0.3) is 0 Å². The van der Waals surface area contributed by atoms with Gasteiger partial charge in [-0.15, -0.1) is 11.3 Å². The van der Waals surface area contributed by atoms with E-state index in [1.54, 1.807) is 11.3 Å². The first-order valence-electron chi connectivity index (χ1n) is 7.03. The molecule has 1 N–H and O–H groups in total. The van der Waals surface area contributed by atoms with E-state index in [4.69, 9.17) is 9.72 Å². The van der Waals surface area contributed by atoms with E-state index in [9.17, 15) is 0 Å². The average Bonchev–Trinajstić information content (AvgIpc) is 2.92. The van der Waals surface area contributed by atoms with Gasteiger partial charge in [-0.25, -0.2) is 4.98 Å². The van der Waals surface area contributed by atoms with Crippen molar-refractivity contribution in [3.63, 3.8) is 0 Å². The maximum absolute atomic E-state index is 5.65. The summed E-state index contributed by atoms with van der Waals surface area (Å²) in [5, 5.41) is 4.57. The van der Waals surface area contributed by atoms with Gasteiger partial charge in [-0.05, 0) is 20.3 Å². The molecule has 2 unspecified atom stereocenters. The molecule has 0 bridgehead atoms. The van der Waals surface area contributed by atoms with Crippen LogP contribution in [0.15, 0.2) is 0 Å². The van der Waals surface area contributed by atoms with Crippen LogP contribution in [0.4, 0.5) is 5.13 Å². The van der Waals surface area contributed by atoms with Crippen LogP contribution in [0.2, 0.25) is 0 Å². The van der Waals surface area contributed by atoms with Gasteiger partial charge in [-0.3, -0.25) is 0 Å². The second kappa shape index (κ2) is 6.20. The molecule has 0 aromatic carbocycles. The summed E-state index contributed by atoms with van der Waals surface area (Å²) in [6.07, 6.45) is 1.39. The summed E-state index contributed by atoms with van der Waals surface area (Å²) >= 11 is 1.80. The Bertz CT molecular complexity index is 419. The zero-order valence-corrected chi connectivity index (χ0v) is 13.4. The monoisotopic (exact) mass is 283 g/mol. The standard InChI is InChI=1S/C14H25N3OS/c1-9(2)15-8-13-10(3)16-14(19-13)17(5)12-6-7-18-11(12)4/h9,11-12,15H,6-8H2,1-5H3. The summed E-state index contributed by atoms with van der Waals surface area (Å²) in [6, 6.07) is 0.961. The van der Waals surface area contributed by atoms with Crippen molar-refractivity contribution in [3.8, 4) is 0 Å². The summed E-state index contributed by atoms with van der Waals surface area (Å²) in [7, 11) is 2.13. The third kappa shape index (κ3) is 3.46. The van der Waals surface area contributed by atoms with E-state index < -0.39 is 0 Å². The molecule has 4 nitrogen and oxygen atoms in total. The Hall–Kier alpha value is -0.650. The highest BCUT2D eigenvalue weighted by Gasteiger charge is 2.29. The number of aryl methyl sites for hydroxylation is 1. The van der Waals surface area contributed by atoms with E-state index in [1.165, 1.54) is 4.88 Å². The predicted molar refractivity (Wildman–Crippen MR) is 81.0 cm³/mol. The van der Waals surface area contributed by atoms with Crippen LogP contribution in [-0.4, -0.2) is 36.8 Å².